The smallest absolute Gasteiger partial charge is 0.407 e. The lowest BCUT2D eigenvalue weighted by molar-refractivity contribution is -0.123. The summed E-state index contributed by atoms with van der Waals surface area (Å²) < 4.78 is 10.6. The third-order valence-electron chi connectivity index (χ3n) is 3.99. The number of hydrogen-bond acceptors (Lipinski definition) is 5. The van der Waals surface area contributed by atoms with Gasteiger partial charge in [0.1, 0.15) is 11.4 Å². The molecule has 1 fully saturated rings. The van der Waals surface area contributed by atoms with E-state index in [-0.39, 0.29) is 31.4 Å². The highest BCUT2D eigenvalue weighted by atomic mass is 16.6. The van der Waals surface area contributed by atoms with Gasteiger partial charge in [-0.3, -0.25) is 9.59 Å². The van der Waals surface area contributed by atoms with E-state index < -0.39 is 11.7 Å². The van der Waals surface area contributed by atoms with Crippen LogP contribution in [0, 0.1) is 0 Å². The van der Waals surface area contributed by atoms with Crippen molar-refractivity contribution >= 4 is 17.9 Å². The molecule has 8 heteroatoms. The van der Waals surface area contributed by atoms with Crippen LogP contribution < -0.4 is 20.7 Å². The Morgan fingerprint density at radius 2 is 1.69 bits per heavy atom. The number of amides is 3. The minimum atomic E-state index is -0.560. The molecule has 0 spiro atoms. The normalized spacial score (nSPS) is 13.3. The van der Waals surface area contributed by atoms with E-state index in [1.54, 1.807) is 20.8 Å². The summed E-state index contributed by atoms with van der Waals surface area (Å²) in [5.41, 5.74) is 0.489. The topological polar surface area (TPSA) is 106 Å². The van der Waals surface area contributed by atoms with Gasteiger partial charge in [-0.05, 0) is 57.7 Å². The highest BCUT2D eigenvalue weighted by molar-refractivity contribution is 5.78. The Bertz CT molecular complexity index is 693. The fraction of sp³-hybridized carbons (Fsp3) is 0.571. The molecule has 0 aliphatic heterocycles. The van der Waals surface area contributed by atoms with Crippen molar-refractivity contribution in [1.82, 2.24) is 16.0 Å². The molecule has 0 unspecified atom stereocenters. The van der Waals surface area contributed by atoms with Gasteiger partial charge in [0.05, 0.1) is 0 Å². The summed E-state index contributed by atoms with van der Waals surface area (Å²) in [6, 6.07) is 7.77. The average molecular weight is 405 g/mol. The second-order valence-electron chi connectivity index (χ2n) is 8.05. The van der Waals surface area contributed by atoms with Crippen molar-refractivity contribution in [3.8, 4) is 5.75 Å². The highest BCUT2D eigenvalue weighted by Gasteiger charge is 2.23. The van der Waals surface area contributed by atoms with E-state index in [1.165, 1.54) is 0 Å². The third kappa shape index (κ3) is 10.4. The van der Waals surface area contributed by atoms with Crippen LogP contribution >= 0.6 is 0 Å². The molecule has 1 aliphatic carbocycles. The molecule has 3 amide bonds. The molecule has 2 rings (SSSR count). The molecule has 0 saturated heterocycles. The number of ether oxygens (including phenoxy) is 2. The van der Waals surface area contributed by atoms with Gasteiger partial charge in [-0.1, -0.05) is 12.1 Å². The molecule has 1 saturated carbocycles. The molecular formula is C21H31N3O5. The Kier molecular flexibility index (Phi) is 8.30. The molecule has 0 bridgehead atoms. The Balaban J connectivity index is 1.56. The average Bonchev–Trinajstić information content (AvgIpc) is 3.43. The fourth-order valence-electron chi connectivity index (χ4n) is 2.43. The molecule has 8 nitrogen and oxygen atoms in total. The summed E-state index contributed by atoms with van der Waals surface area (Å²) in [5.74, 6) is 0.403. The van der Waals surface area contributed by atoms with Gasteiger partial charge in [0.25, 0.3) is 5.91 Å². The van der Waals surface area contributed by atoms with Crippen LogP contribution in [-0.2, 0) is 20.7 Å². The van der Waals surface area contributed by atoms with Gasteiger partial charge in [0.2, 0.25) is 5.91 Å². The van der Waals surface area contributed by atoms with Crippen LogP contribution in [0.2, 0.25) is 0 Å². The van der Waals surface area contributed by atoms with Crippen molar-refractivity contribution in [2.75, 3.05) is 19.7 Å². The first-order chi connectivity index (χ1) is 13.7. The monoisotopic (exact) mass is 405 g/mol. The largest absolute Gasteiger partial charge is 0.484 e. The lowest BCUT2D eigenvalue weighted by Crippen LogP contribution is -2.35. The second kappa shape index (κ2) is 10.7. The standard InChI is InChI=1S/C21H31N3O5/c1-21(2,3)29-20(27)23-13-11-18(25)22-12-10-15-4-8-17(9-5-15)28-14-19(26)24-16-6-7-16/h4-5,8-9,16H,6-7,10-14H2,1-3H3,(H,22,25)(H,23,27)(H,24,26). The fourth-order valence-corrected chi connectivity index (χ4v) is 2.43. The number of carbonyl (C=O) groups is 3. The van der Waals surface area contributed by atoms with Crippen LogP contribution in [0.5, 0.6) is 5.75 Å². The maximum Gasteiger partial charge on any atom is 0.407 e. The van der Waals surface area contributed by atoms with Gasteiger partial charge in [-0.2, -0.15) is 0 Å². The Labute approximate surface area is 171 Å². The van der Waals surface area contributed by atoms with E-state index in [4.69, 9.17) is 9.47 Å². The second-order valence-corrected chi connectivity index (χ2v) is 8.05. The van der Waals surface area contributed by atoms with Crippen LogP contribution in [0.25, 0.3) is 0 Å². The van der Waals surface area contributed by atoms with Gasteiger partial charge < -0.3 is 25.4 Å². The van der Waals surface area contributed by atoms with E-state index in [9.17, 15) is 14.4 Å². The Hall–Kier alpha value is -2.77. The van der Waals surface area contributed by atoms with Crippen molar-refractivity contribution in [3.63, 3.8) is 0 Å². The molecule has 0 aromatic heterocycles. The molecule has 29 heavy (non-hydrogen) atoms. The minimum absolute atomic E-state index is 0.0171. The van der Waals surface area contributed by atoms with E-state index >= 15 is 0 Å². The van der Waals surface area contributed by atoms with Gasteiger partial charge in [-0.25, -0.2) is 4.79 Å². The predicted octanol–water partition coefficient (Wildman–Crippen LogP) is 1.92. The van der Waals surface area contributed by atoms with Gasteiger partial charge in [-0.15, -0.1) is 0 Å². The lowest BCUT2D eigenvalue weighted by atomic mass is 10.1. The van der Waals surface area contributed by atoms with Crippen LogP contribution in [-0.4, -0.2) is 49.2 Å². The van der Waals surface area contributed by atoms with Crippen molar-refractivity contribution in [1.29, 1.82) is 0 Å². The van der Waals surface area contributed by atoms with Crippen LogP contribution in [0.15, 0.2) is 24.3 Å². The molecule has 160 valence electrons. The summed E-state index contributed by atoms with van der Waals surface area (Å²) in [6.07, 6.45) is 2.44. The number of benzene rings is 1. The maximum absolute atomic E-state index is 11.8. The number of hydrogen-bond donors (Lipinski definition) is 3. The van der Waals surface area contributed by atoms with Gasteiger partial charge in [0.15, 0.2) is 6.61 Å². The molecule has 1 aromatic carbocycles. The predicted molar refractivity (Wildman–Crippen MR) is 109 cm³/mol. The Morgan fingerprint density at radius 3 is 2.31 bits per heavy atom. The first-order valence-corrected chi connectivity index (χ1v) is 9.96. The summed E-state index contributed by atoms with van der Waals surface area (Å²) in [6.45, 7) is 6.08. The highest BCUT2D eigenvalue weighted by Crippen LogP contribution is 2.18. The van der Waals surface area contributed by atoms with E-state index in [2.05, 4.69) is 16.0 Å². The molecule has 0 atom stereocenters. The maximum atomic E-state index is 11.8. The minimum Gasteiger partial charge on any atom is -0.484 e. The van der Waals surface area contributed by atoms with Crippen molar-refractivity contribution in [3.05, 3.63) is 29.8 Å². The number of alkyl carbamates (subject to hydrolysis) is 1. The molecule has 1 aromatic rings. The lowest BCUT2D eigenvalue weighted by Gasteiger charge is -2.19. The van der Waals surface area contributed by atoms with Gasteiger partial charge >= 0.3 is 6.09 Å². The van der Waals surface area contributed by atoms with Crippen molar-refractivity contribution < 1.29 is 23.9 Å². The summed E-state index contributed by atoms with van der Waals surface area (Å²) in [7, 11) is 0. The molecule has 0 radical (unpaired) electrons. The van der Waals surface area contributed by atoms with Gasteiger partial charge in [0, 0.05) is 25.6 Å². The van der Waals surface area contributed by atoms with Crippen molar-refractivity contribution in [2.24, 2.45) is 0 Å². The third-order valence-corrected chi connectivity index (χ3v) is 3.99. The first-order valence-electron chi connectivity index (χ1n) is 9.96. The van der Waals surface area contributed by atoms with E-state index in [0.717, 1.165) is 18.4 Å². The summed E-state index contributed by atoms with van der Waals surface area (Å²) >= 11 is 0. The number of nitrogens with one attached hydrogen (secondary N) is 3. The zero-order chi connectivity index (χ0) is 21.3. The summed E-state index contributed by atoms with van der Waals surface area (Å²) in [5, 5.41) is 8.24. The number of rotatable bonds is 10. The van der Waals surface area contributed by atoms with Crippen LogP contribution in [0.1, 0.15) is 45.6 Å². The number of carbonyl (C=O) groups excluding carboxylic acids is 3. The van der Waals surface area contributed by atoms with Crippen LogP contribution in [0.4, 0.5) is 4.79 Å². The molecule has 3 N–H and O–H groups in total. The SMILES string of the molecule is CC(C)(C)OC(=O)NCCC(=O)NCCc1ccc(OCC(=O)NC2CC2)cc1. The zero-order valence-corrected chi connectivity index (χ0v) is 17.4. The van der Waals surface area contributed by atoms with Crippen LogP contribution in [0.3, 0.4) is 0 Å². The molecular weight excluding hydrogens is 374 g/mol. The quantitative estimate of drug-likeness (QED) is 0.551. The Morgan fingerprint density at radius 1 is 1.00 bits per heavy atom. The van der Waals surface area contributed by atoms with E-state index in [0.29, 0.717) is 24.8 Å². The first kappa shape index (κ1) is 22.5. The van der Waals surface area contributed by atoms with Crippen molar-refractivity contribution in [2.45, 2.75) is 58.1 Å². The summed E-state index contributed by atoms with van der Waals surface area (Å²) in [4.78, 5) is 34.9. The molecule has 1 aliphatic rings. The zero-order valence-electron chi connectivity index (χ0n) is 17.4. The van der Waals surface area contributed by atoms with E-state index in [1.807, 2.05) is 24.3 Å². The molecule has 0 heterocycles.